The molecule has 1 aliphatic rings. The third kappa shape index (κ3) is 4.74. The molecule has 114 valence electrons. The fraction of sp³-hybridized carbons (Fsp3) is 0.467. The minimum absolute atomic E-state index is 0.0564. The molecule has 1 aromatic carbocycles. The first-order chi connectivity index (χ1) is 10.1. The summed E-state index contributed by atoms with van der Waals surface area (Å²) in [5, 5.41) is 14.7. The van der Waals surface area contributed by atoms with Crippen LogP contribution in [0.15, 0.2) is 28.7 Å². The monoisotopic (exact) mass is 354 g/mol. The zero-order chi connectivity index (χ0) is 15.2. The van der Waals surface area contributed by atoms with Gasteiger partial charge in [-0.05, 0) is 30.9 Å². The van der Waals surface area contributed by atoms with Gasteiger partial charge < -0.3 is 15.7 Å². The van der Waals surface area contributed by atoms with Crippen molar-refractivity contribution in [1.29, 1.82) is 0 Å². The van der Waals surface area contributed by atoms with Gasteiger partial charge in [0.25, 0.3) is 0 Å². The maximum atomic E-state index is 11.9. The topological polar surface area (TPSA) is 78.4 Å². The maximum Gasteiger partial charge on any atom is 0.315 e. The smallest absolute Gasteiger partial charge is 0.315 e. The van der Waals surface area contributed by atoms with E-state index in [0.717, 1.165) is 22.9 Å². The van der Waals surface area contributed by atoms with Crippen molar-refractivity contribution in [3.8, 4) is 0 Å². The highest BCUT2D eigenvalue weighted by atomic mass is 79.9. The molecule has 1 fully saturated rings. The number of halogens is 1. The van der Waals surface area contributed by atoms with Crippen LogP contribution in [0.5, 0.6) is 0 Å². The Bertz CT molecular complexity index is 521. The fourth-order valence-electron chi connectivity index (χ4n) is 2.60. The van der Waals surface area contributed by atoms with Crippen molar-refractivity contribution in [1.82, 2.24) is 10.6 Å². The van der Waals surface area contributed by atoms with Crippen LogP contribution >= 0.6 is 15.9 Å². The molecular weight excluding hydrogens is 336 g/mol. The zero-order valence-corrected chi connectivity index (χ0v) is 13.2. The van der Waals surface area contributed by atoms with Crippen molar-refractivity contribution in [2.45, 2.75) is 38.3 Å². The molecule has 0 spiro atoms. The number of hydrogen-bond acceptors (Lipinski definition) is 2. The van der Waals surface area contributed by atoms with Gasteiger partial charge >= 0.3 is 12.0 Å². The van der Waals surface area contributed by atoms with Crippen LogP contribution in [0.1, 0.15) is 31.2 Å². The zero-order valence-electron chi connectivity index (χ0n) is 11.6. The molecule has 2 atom stereocenters. The molecule has 21 heavy (non-hydrogen) atoms. The minimum Gasteiger partial charge on any atom is -0.481 e. The molecule has 0 heterocycles. The van der Waals surface area contributed by atoms with Crippen molar-refractivity contribution in [2.75, 3.05) is 0 Å². The summed E-state index contributed by atoms with van der Waals surface area (Å²) in [7, 11) is 0. The molecule has 1 aliphatic carbocycles. The number of nitrogens with one attached hydrogen (secondary N) is 2. The van der Waals surface area contributed by atoms with Crippen molar-refractivity contribution in [3.63, 3.8) is 0 Å². The van der Waals surface area contributed by atoms with Crippen LogP contribution in [0.3, 0.4) is 0 Å². The molecule has 2 amide bonds. The van der Waals surface area contributed by atoms with Crippen LogP contribution in [-0.2, 0) is 11.3 Å². The molecule has 0 aromatic heterocycles. The first-order valence-electron chi connectivity index (χ1n) is 7.07. The summed E-state index contributed by atoms with van der Waals surface area (Å²) in [6.45, 7) is 0.433. The lowest BCUT2D eigenvalue weighted by atomic mass is 9.86. The lowest BCUT2D eigenvalue weighted by Crippen LogP contribution is -2.44. The number of carbonyl (C=O) groups excluding carboxylic acids is 1. The minimum atomic E-state index is -0.768. The Balaban J connectivity index is 1.79. The summed E-state index contributed by atoms with van der Waals surface area (Å²) in [6.07, 6.45) is 2.89. The molecule has 6 heteroatoms. The number of urea groups is 1. The number of carboxylic acids is 1. The number of carboxylic acid groups (broad SMARTS) is 1. The van der Waals surface area contributed by atoms with E-state index >= 15 is 0 Å². The van der Waals surface area contributed by atoms with Crippen LogP contribution in [-0.4, -0.2) is 23.1 Å². The molecule has 2 rings (SSSR count). The van der Waals surface area contributed by atoms with E-state index in [1.165, 1.54) is 0 Å². The highest BCUT2D eigenvalue weighted by Crippen LogP contribution is 2.24. The fourth-order valence-corrected chi connectivity index (χ4v) is 3.02. The first kappa shape index (κ1) is 15.8. The molecule has 1 aromatic rings. The Morgan fingerprint density at radius 3 is 2.76 bits per heavy atom. The summed E-state index contributed by atoms with van der Waals surface area (Å²) in [4.78, 5) is 22.9. The Labute approximate surface area is 132 Å². The third-order valence-corrected chi connectivity index (χ3v) is 4.53. The summed E-state index contributed by atoms with van der Waals surface area (Å²) < 4.78 is 0.953. The SMILES string of the molecule is O=C(NCc1ccccc1Br)NC1CCCC(C(=O)O)C1. The number of amides is 2. The van der Waals surface area contributed by atoms with Gasteiger partial charge in [-0.2, -0.15) is 0 Å². The standard InChI is InChI=1S/C15H19BrN2O3/c16-13-7-2-1-4-11(13)9-17-15(21)18-12-6-3-5-10(8-12)14(19)20/h1-2,4,7,10,12H,3,5-6,8-9H2,(H,19,20)(H2,17,18,21). The Hall–Kier alpha value is -1.56. The van der Waals surface area contributed by atoms with E-state index in [-0.39, 0.29) is 18.0 Å². The lowest BCUT2D eigenvalue weighted by Gasteiger charge is -2.27. The Morgan fingerprint density at radius 2 is 2.05 bits per heavy atom. The average Bonchev–Trinajstić information content (AvgIpc) is 2.46. The maximum absolute atomic E-state index is 11.9. The Kier molecular flexibility index (Phi) is 5.61. The molecule has 5 nitrogen and oxygen atoms in total. The highest BCUT2D eigenvalue weighted by molar-refractivity contribution is 9.10. The number of hydrogen-bond donors (Lipinski definition) is 3. The van der Waals surface area contributed by atoms with E-state index < -0.39 is 5.97 Å². The van der Waals surface area contributed by atoms with E-state index in [4.69, 9.17) is 5.11 Å². The molecule has 2 unspecified atom stereocenters. The van der Waals surface area contributed by atoms with Crippen LogP contribution < -0.4 is 10.6 Å². The first-order valence-corrected chi connectivity index (χ1v) is 7.86. The van der Waals surface area contributed by atoms with Crippen molar-refractivity contribution < 1.29 is 14.7 Å². The summed E-state index contributed by atoms with van der Waals surface area (Å²) in [5.41, 5.74) is 1.000. The molecular formula is C15H19BrN2O3. The predicted octanol–water partition coefficient (Wildman–Crippen LogP) is 2.89. The predicted molar refractivity (Wildman–Crippen MR) is 82.9 cm³/mol. The summed E-state index contributed by atoms with van der Waals surface area (Å²) in [6, 6.07) is 7.39. The second-order valence-corrected chi connectivity index (χ2v) is 6.17. The molecule has 3 N–H and O–H groups in total. The third-order valence-electron chi connectivity index (χ3n) is 3.76. The number of benzene rings is 1. The summed E-state index contributed by atoms with van der Waals surface area (Å²) >= 11 is 3.43. The van der Waals surface area contributed by atoms with Crippen LogP contribution in [0.25, 0.3) is 0 Å². The van der Waals surface area contributed by atoms with Gasteiger partial charge in [-0.3, -0.25) is 4.79 Å². The van der Waals surface area contributed by atoms with Crippen LogP contribution in [0.2, 0.25) is 0 Å². The van der Waals surface area contributed by atoms with Crippen LogP contribution in [0.4, 0.5) is 4.79 Å². The molecule has 0 radical (unpaired) electrons. The van der Waals surface area contributed by atoms with Gasteiger partial charge in [-0.15, -0.1) is 0 Å². The van der Waals surface area contributed by atoms with Crippen LogP contribution in [0, 0.1) is 5.92 Å². The van der Waals surface area contributed by atoms with Crippen molar-refractivity contribution in [2.24, 2.45) is 5.92 Å². The molecule has 0 aliphatic heterocycles. The largest absolute Gasteiger partial charge is 0.481 e. The van der Waals surface area contributed by atoms with Gasteiger partial charge in [0.1, 0.15) is 0 Å². The van der Waals surface area contributed by atoms with Gasteiger partial charge in [-0.25, -0.2) is 4.79 Å². The Morgan fingerprint density at radius 1 is 1.29 bits per heavy atom. The van der Waals surface area contributed by atoms with Crippen molar-refractivity contribution in [3.05, 3.63) is 34.3 Å². The van der Waals surface area contributed by atoms with Crippen molar-refractivity contribution >= 4 is 27.9 Å². The average molecular weight is 355 g/mol. The quantitative estimate of drug-likeness (QED) is 0.777. The van der Waals surface area contributed by atoms with E-state index in [9.17, 15) is 9.59 Å². The van der Waals surface area contributed by atoms with E-state index in [1.807, 2.05) is 24.3 Å². The van der Waals surface area contributed by atoms with E-state index in [0.29, 0.717) is 19.4 Å². The van der Waals surface area contributed by atoms with Gasteiger partial charge in [-0.1, -0.05) is 40.5 Å². The van der Waals surface area contributed by atoms with E-state index in [2.05, 4.69) is 26.6 Å². The van der Waals surface area contributed by atoms with Gasteiger partial charge in [0.2, 0.25) is 0 Å². The van der Waals surface area contributed by atoms with Gasteiger partial charge in [0, 0.05) is 17.1 Å². The molecule has 0 saturated heterocycles. The second kappa shape index (κ2) is 7.45. The van der Waals surface area contributed by atoms with Gasteiger partial charge in [0.05, 0.1) is 5.92 Å². The molecule has 0 bridgehead atoms. The molecule has 1 saturated carbocycles. The summed E-state index contributed by atoms with van der Waals surface area (Å²) in [5.74, 6) is -1.11. The number of aliphatic carboxylic acids is 1. The van der Waals surface area contributed by atoms with Gasteiger partial charge in [0.15, 0.2) is 0 Å². The highest BCUT2D eigenvalue weighted by Gasteiger charge is 2.27. The lowest BCUT2D eigenvalue weighted by molar-refractivity contribution is -0.143. The number of carbonyl (C=O) groups is 2. The normalized spacial score (nSPS) is 21.6. The second-order valence-electron chi connectivity index (χ2n) is 5.32. The van der Waals surface area contributed by atoms with E-state index in [1.54, 1.807) is 0 Å². The number of rotatable bonds is 4.